The van der Waals surface area contributed by atoms with Crippen molar-refractivity contribution in [3.63, 3.8) is 0 Å². The average molecular weight is 542 g/mol. The van der Waals surface area contributed by atoms with Crippen molar-refractivity contribution in [2.45, 2.75) is 54.9 Å². The number of anilines is 1. The summed E-state index contributed by atoms with van der Waals surface area (Å²) in [6, 6.07) is 11.0. The maximum Gasteiger partial charge on any atom is 0.335 e. The van der Waals surface area contributed by atoms with E-state index in [1.807, 2.05) is 35.9 Å². The van der Waals surface area contributed by atoms with Gasteiger partial charge in [0.15, 0.2) is 12.3 Å². The molecule has 1 amide bonds. The number of aliphatic carboxylic acids is 1. The molecular formula is C22H24ClN3O9S. The third-order valence-corrected chi connectivity index (χ3v) is 7.94. The predicted octanol–water partition coefficient (Wildman–Crippen LogP) is -0.393. The molecule has 2 aromatic rings. The zero-order chi connectivity index (χ0) is 26.4. The number of nitrogens with one attached hydrogen (secondary N) is 2. The van der Waals surface area contributed by atoms with E-state index in [0.29, 0.717) is 6.42 Å². The first kappa shape index (κ1) is 26.3. The van der Waals surface area contributed by atoms with Crippen LogP contribution in [0.4, 0.5) is 5.69 Å². The highest BCUT2D eigenvalue weighted by Crippen LogP contribution is 2.31. The van der Waals surface area contributed by atoms with Crippen molar-refractivity contribution in [2.24, 2.45) is 0 Å². The molecule has 6 N–H and O–H groups in total. The van der Waals surface area contributed by atoms with E-state index >= 15 is 0 Å². The molecule has 194 valence electrons. The Bertz CT molecular complexity index is 1290. The summed E-state index contributed by atoms with van der Waals surface area (Å²) in [7, 11) is -4.60. The molecule has 6 atom stereocenters. The number of hydrazine groups is 1. The number of rotatable bonds is 6. The molecule has 0 aromatic heterocycles. The molecule has 0 aliphatic carbocycles. The number of carboxylic acids is 1. The van der Waals surface area contributed by atoms with E-state index < -0.39 is 57.4 Å². The number of hydrogen-bond donors (Lipinski definition) is 6. The average Bonchev–Trinajstić information content (AvgIpc) is 3.14. The first-order valence-corrected chi connectivity index (χ1v) is 12.7. The highest BCUT2D eigenvalue weighted by Gasteiger charge is 2.48. The van der Waals surface area contributed by atoms with E-state index in [0.717, 1.165) is 17.3 Å². The van der Waals surface area contributed by atoms with E-state index in [4.69, 9.17) is 21.4 Å². The number of fused-ring (bicyclic) bond motifs is 1. The Kier molecular flexibility index (Phi) is 7.26. The molecule has 0 spiro atoms. The minimum atomic E-state index is -4.60. The highest BCUT2D eigenvalue weighted by molar-refractivity contribution is 7.89. The van der Waals surface area contributed by atoms with Gasteiger partial charge in [0.2, 0.25) is 10.0 Å². The molecule has 2 aromatic carbocycles. The Morgan fingerprint density at radius 2 is 1.78 bits per heavy atom. The molecule has 1 fully saturated rings. The van der Waals surface area contributed by atoms with Crippen LogP contribution < -0.4 is 15.2 Å². The molecule has 2 heterocycles. The van der Waals surface area contributed by atoms with Crippen LogP contribution in [0, 0.1) is 0 Å². The second-order valence-electron chi connectivity index (χ2n) is 8.55. The van der Waals surface area contributed by atoms with Gasteiger partial charge in [0, 0.05) is 5.56 Å². The van der Waals surface area contributed by atoms with Gasteiger partial charge in [0.1, 0.15) is 23.2 Å². The topological polar surface area (TPSA) is 186 Å². The standard InChI is InChI=1S/C22H24ClN3O9S/c1-10-8-11-4-2-3-5-14(11)26(10)24-20(30)12-6-7-13(23)15(9-12)36(33,34)25-21-18(29)16(27)17(28)19(35-21)22(31)32/h2-7,9-10,16-19,21,25,27-29H,8H2,1H3,(H,24,30)(H,31,32)/t10?,16-,17-,18-,19?,21+/m1/s1. The third-order valence-electron chi connectivity index (χ3n) is 6.04. The summed E-state index contributed by atoms with van der Waals surface area (Å²) in [6.45, 7) is 1.92. The van der Waals surface area contributed by atoms with Gasteiger partial charge >= 0.3 is 5.97 Å². The number of ether oxygens (including phenoxy) is 1. The molecule has 14 heteroatoms. The zero-order valence-electron chi connectivity index (χ0n) is 18.8. The molecule has 4 rings (SSSR count). The lowest BCUT2D eigenvalue weighted by atomic mass is 9.98. The number of sulfonamides is 1. The van der Waals surface area contributed by atoms with Crippen LogP contribution in [0.1, 0.15) is 22.8 Å². The van der Waals surface area contributed by atoms with Gasteiger partial charge in [-0.3, -0.25) is 15.2 Å². The predicted molar refractivity (Wildman–Crippen MR) is 126 cm³/mol. The fourth-order valence-electron chi connectivity index (χ4n) is 4.16. The summed E-state index contributed by atoms with van der Waals surface area (Å²) in [5.41, 5.74) is 4.59. The minimum Gasteiger partial charge on any atom is -0.479 e. The van der Waals surface area contributed by atoms with Gasteiger partial charge in [-0.05, 0) is 43.2 Å². The number of aliphatic hydroxyl groups is 3. The summed E-state index contributed by atoms with van der Waals surface area (Å²) in [5, 5.41) is 40.4. The third kappa shape index (κ3) is 4.91. The molecule has 0 saturated carbocycles. The number of carbonyl (C=O) groups is 2. The largest absolute Gasteiger partial charge is 0.479 e. The van der Waals surface area contributed by atoms with Gasteiger partial charge in [-0.1, -0.05) is 29.8 Å². The van der Waals surface area contributed by atoms with Gasteiger partial charge in [-0.2, -0.15) is 4.72 Å². The zero-order valence-corrected chi connectivity index (χ0v) is 20.3. The van der Waals surface area contributed by atoms with Gasteiger partial charge in [-0.15, -0.1) is 0 Å². The number of para-hydroxylation sites is 1. The number of amides is 1. The summed E-state index contributed by atoms with van der Waals surface area (Å²) < 4.78 is 33.0. The molecule has 0 bridgehead atoms. The number of benzene rings is 2. The van der Waals surface area contributed by atoms with Gasteiger partial charge in [0.05, 0.1) is 16.8 Å². The normalized spacial score (nSPS) is 28.0. The monoisotopic (exact) mass is 541 g/mol. The molecule has 0 radical (unpaired) electrons. The lowest BCUT2D eigenvalue weighted by molar-refractivity contribution is -0.229. The van der Waals surface area contributed by atoms with Crippen LogP contribution >= 0.6 is 11.6 Å². The molecule has 2 unspecified atom stereocenters. The van der Waals surface area contributed by atoms with Crippen LogP contribution in [-0.2, 0) is 26.0 Å². The van der Waals surface area contributed by atoms with Gasteiger partial charge in [-0.25, -0.2) is 13.2 Å². The van der Waals surface area contributed by atoms with E-state index in [1.54, 1.807) is 5.01 Å². The second-order valence-corrected chi connectivity index (χ2v) is 10.6. The fraction of sp³-hybridized carbons (Fsp3) is 0.364. The number of aliphatic hydroxyl groups excluding tert-OH is 3. The van der Waals surface area contributed by atoms with E-state index in [-0.39, 0.29) is 16.6 Å². The maximum atomic E-state index is 13.0. The summed E-state index contributed by atoms with van der Waals surface area (Å²) >= 11 is 6.08. The quantitative estimate of drug-likeness (QED) is 0.281. The van der Waals surface area contributed by atoms with E-state index in [1.165, 1.54) is 12.1 Å². The van der Waals surface area contributed by atoms with Crippen LogP contribution in [0.3, 0.4) is 0 Å². The highest BCUT2D eigenvalue weighted by atomic mass is 35.5. The Labute approximate surface area is 211 Å². The molecule has 1 saturated heterocycles. The van der Waals surface area contributed by atoms with Crippen LogP contribution in [0.15, 0.2) is 47.4 Å². The van der Waals surface area contributed by atoms with Crippen LogP contribution in [0.2, 0.25) is 5.02 Å². The van der Waals surface area contributed by atoms with Crippen molar-refractivity contribution in [2.75, 3.05) is 5.01 Å². The van der Waals surface area contributed by atoms with E-state index in [9.17, 15) is 33.3 Å². The van der Waals surface area contributed by atoms with Crippen molar-refractivity contribution in [3.05, 3.63) is 58.6 Å². The summed E-state index contributed by atoms with van der Waals surface area (Å²) in [4.78, 5) is 23.7. The summed E-state index contributed by atoms with van der Waals surface area (Å²) in [6.07, 6.45) is -9.22. The minimum absolute atomic E-state index is 0.0414. The second kappa shape index (κ2) is 9.94. The Morgan fingerprint density at radius 3 is 2.47 bits per heavy atom. The Hall–Kier alpha value is -2.78. The molecule has 12 nitrogen and oxygen atoms in total. The molecule has 36 heavy (non-hydrogen) atoms. The summed E-state index contributed by atoms with van der Waals surface area (Å²) in [5.74, 6) is -2.28. The van der Waals surface area contributed by atoms with Crippen molar-refractivity contribution >= 4 is 39.2 Å². The first-order valence-electron chi connectivity index (χ1n) is 10.8. The van der Waals surface area contributed by atoms with E-state index in [2.05, 4.69) is 5.43 Å². The Balaban J connectivity index is 1.56. The van der Waals surface area contributed by atoms with Crippen molar-refractivity contribution in [1.82, 2.24) is 10.1 Å². The number of halogens is 1. The van der Waals surface area contributed by atoms with Crippen molar-refractivity contribution < 1.29 is 43.2 Å². The lowest BCUT2D eigenvalue weighted by Gasteiger charge is -2.38. The van der Waals surface area contributed by atoms with Crippen LogP contribution in [-0.4, -0.2) is 77.4 Å². The van der Waals surface area contributed by atoms with Crippen LogP contribution in [0.25, 0.3) is 0 Å². The number of hydrogen-bond acceptors (Lipinski definition) is 9. The molecular weight excluding hydrogens is 518 g/mol. The SMILES string of the molecule is CC1Cc2ccccc2N1NC(=O)c1ccc(Cl)c(S(=O)(=O)N[C@H]2OC(C(=O)O)[C@H](O)[C@@H](O)[C@H]2O)c1. The number of nitrogens with zero attached hydrogens (tertiary/aromatic N) is 1. The smallest absolute Gasteiger partial charge is 0.335 e. The molecule has 2 aliphatic heterocycles. The van der Waals surface area contributed by atoms with Gasteiger partial charge in [0.25, 0.3) is 5.91 Å². The fourth-order valence-corrected chi connectivity index (χ4v) is 5.81. The van der Waals surface area contributed by atoms with Crippen molar-refractivity contribution in [3.8, 4) is 0 Å². The number of carboxylic acid groups (broad SMARTS) is 1. The maximum absolute atomic E-state index is 13.0. The number of carbonyl (C=O) groups excluding carboxylic acids is 1. The molecule has 2 aliphatic rings. The Morgan fingerprint density at radius 1 is 1.08 bits per heavy atom. The lowest BCUT2D eigenvalue weighted by Crippen LogP contribution is -2.64. The van der Waals surface area contributed by atoms with Crippen LogP contribution in [0.5, 0.6) is 0 Å². The first-order chi connectivity index (χ1) is 16.9. The van der Waals surface area contributed by atoms with Gasteiger partial charge < -0.3 is 25.2 Å². The van der Waals surface area contributed by atoms with Crippen molar-refractivity contribution in [1.29, 1.82) is 0 Å².